The smallest absolute Gasteiger partial charge is 0.134 e. The maximum Gasteiger partial charge on any atom is 0.134 e. The number of hydrogen-bond donors (Lipinski definition) is 2. The van der Waals surface area contributed by atoms with Gasteiger partial charge in [-0.25, -0.2) is 4.98 Å². The van der Waals surface area contributed by atoms with E-state index in [1.54, 1.807) is 12.1 Å². The SMILES string of the molecule is Cc1nc(Br)ccc1NCc1ccc(O)c(Cl)c1. The van der Waals surface area contributed by atoms with Crippen molar-refractivity contribution in [3.05, 3.63) is 51.2 Å². The van der Waals surface area contributed by atoms with Gasteiger partial charge in [0.25, 0.3) is 0 Å². The topological polar surface area (TPSA) is 45.2 Å². The van der Waals surface area contributed by atoms with E-state index in [0.717, 1.165) is 21.5 Å². The minimum Gasteiger partial charge on any atom is -0.506 e. The molecule has 0 aliphatic carbocycles. The predicted molar refractivity (Wildman–Crippen MR) is 77.1 cm³/mol. The van der Waals surface area contributed by atoms with E-state index in [1.807, 2.05) is 25.1 Å². The molecule has 0 fully saturated rings. The van der Waals surface area contributed by atoms with E-state index in [9.17, 15) is 5.11 Å². The minimum absolute atomic E-state index is 0.0990. The van der Waals surface area contributed by atoms with Crippen LogP contribution in [0.4, 0.5) is 5.69 Å². The summed E-state index contributed by atoms with van der Waals surface area (Å²) in [6, 6.07) is 9.01. The van der Waals surface area contributed by atoms with Gasteiger partial charge in [-0.1, -0.05) is 17.7 Å². The van der Waals surface area contributed by atoms with Gasteiger partial charge in [-0.05, 0) is 52.7 Å². The molecule has 2 N–H and O–H groups in total. The largest absolute Gasteiger partial charge is 0.506 e. The fourth-order valence-corrected chi connectivity index (χ4v) is 2.18. The maximum absolute atomic E-state index is 9.34. The van der Waals surface area contributed by atoms with Gasteiger partial charge in [0.15, 0.2) is 0 Å². The number of halogens is 2. The molecule has 94 valence electrons. The van der Waals surface area contributed by atoms with E-state index >= 15 is 0 Å². The number of anilines is 1. The van der Waals surface area contributed by atoms with Gasteiger partial charge in [0, 0.05) is 6.54 Å². The Hall–Kier alpha value is -1.26. The molecular formula is C13H12BrClN2O. The average molecular weight is 328 g/mol. The number of aromatic hydroxyl groups is 1. The summed E-state index contributed by atoms with van der Waals surface area (Å²) in [4.78, 5) is 4.31. The Labute approximate surface area is 119 Å². The van der Waals surface area contributed by atoms with Crippen LogP contribution < -0.4 is 5.32 Å². The molecule has 0 aliphatic heterocycles. The van der Waals surface area contributed by atoms with Gasteiger partial charge >= 0.3 is 0 Å². The fourth-order valence-electron chi connectivity index (χ4n) is 1.57. The standard InChI is InChI=1S/C13H12BrClN2O/c1-8-11(3-5-13(14)17-8)16-7-9-2-4-12(18)10(15)6-9/h2-6,16,18H,7H2,1H3. The van der Waals surface area contributed by atoms with Crippen molar-refractivity contribution in [3.8, 4) is 5.75 Å². The van der Waals surface area contributed by atoms with E-state index in [1.165, 1.54) is 0 Å². The summed E-state index contributed by atoms with van der Waals surface area (Å²) in [7, 11) is 0. The summed E-state index contributed by atoms with van der Waals surface area (Å²) in [5, 5.41) is 13.0. The molecule has 0 saturated heterocycles. The normalized spacial score (nSPS) is 10.4. The highest BCUT2D eigenvalue weighted by molar-refractivity contribution is 9.10. The number of aromatic nitrogens is 1. The lowest BCUT2D eigenvalue weighted by atomic mass is 10.2. The van der Waals surface area contributed by atoms with Gasteiger partial charge in [0.2, 0.25) is 0 Å². The molecule has 0 unspecified atom stereocenters. The number of benzene rings is 1. The predicted octanol–water partition coefficient (Wildman–Crippen LogP) is 4.12. The van der Waals surface area contributed by atoms with Crippen LogP contribution in [-0.2, 0) is 6.54 Å². The van der Waals surface area contributed by atoms with E-state index in [0.29, 0.717) is 11.6 Å². The summed E-state index contributed by atoms with van der Waals surface area (Å²) in [5.74, 6) is 0.0990. The second-order valence-electron chi connectivity index (χ2n) is 3.91. The Morgan fingerprint density at radius 2 is 2.11 bits per heavy atom. The Kier molecular flexibility index (Phi) is 4.09. The highest BCUT2D eigenvalue weighted by Crippen LogP contribution is 2.24. The Balaban J connectivity index is 2.09. The summed E-state index contributed by atoms with van der Waals surface area (Å²) in [6.07, 6.45) is 0. The lowest BCUT2D eigenvalue weighted by Gasteiger charge is -2.09. The number of rotatable bonds is 3. The van der Waals surface area contributed by atoms with Crippen molar-refractivity contribution in [2.24, 2.45) is 0 Å². The molecule has 3 nitrogen and oxygen atoms in total. The number of hydrogen-bond acceptors (Lipinski definition) is 3. The van der Waals surface area contributed by atoms with Crippen LogP contribution in [0, 0.1) is 6.92 Å². The summed E-state index contributed by atoms with van der Waals surface area (Å²) in [5.41, 5.74) is 2.90. The molecule has 18 heavy (non-hydrogen) atoms. The van der Waals surface area contributed by atoms with Gasteiger partial charge in [0.05, 0.1) is 16.4 Å². The molecule has 1 aromatic carbocycles. The van der Waals surface area contributed by atoms with Crippen molar-refractivity contribution in [2.45, 2.75) is 13.5 Å². The fraction of sp³-hybridized carbons (Fsp3) is 0.154. The van der Waals surface area contributed by atoms with Crippen LogP contribution >= 0.6 is 27.5 Å². The van der Waals surface area contributed by atoms with Crippen LogP contribution in [0.3, 0.4) is 0 Å². The number of nitrogens with zero attached hydrogens (tertiary/aromatic N) is 1. The molecule has 2 rings (SSSR count). The molecule has 5 heteroatoms. The number of pyridine rings is 1. The monoisotopic (exact) mass is 326 g/mol. The Morgan fingerprint density at radius 3 is 2.78 bits per heavy atom. The summed E-state index contributed by atoms with van der Waals surface area (Å²) >= 11 is 9.18. The third-order valence-electron chi connectivity index (χ3n) is 2.55. The van der Waals surface area contributed by atoms with Gasteiger partial charge < -0.3 is 10.4 Å². The van der Waals surface area contributed by atoms with E-state index in [4.69, 9.17) is 11.6 Å². The zero-order valence-electron chi connectivity index (χ0n) is 9.74. The van der Waals surface area contributed by atoms with Crippen LogP contribution in [-0.4, -0.2) is 10.1 Å². The zero-order chi connectivity index (χ0) is 13.1. The third-order valence-corrected chi connectivity index (χ3v) is 3.29. The molecule has 1 heterocycles. The maximum atomic E-state index is 9.34. The van der Waals surface area contributed by atoms with Gasteiger partial charge in [-0.3, -0.25) is 0 Å². The van der Waals surface area contributed by atoms with Crippen LogP contribution in [0.5, 0.6) is 5.75 Å². The number of nitrogens with one attached hydrogen (secondary N) is 1. The lowest BCUT2D eigenvalue weighted by molar-refractivity contribution is 0.475. The number of aryl methyl sites for hydroxylation is 1. The van der Waals surface area contributed by atoms with Crippen LogP contribution in [0.2, 0.25) is 5.02 Å². The molecule has 0 atom stereocenters. The molecular weight excluding hydrogens is 316 g/mol. The molecule has 0 radical (unpaired) electrons. The first-order valence-electron chi connectivity index (χ1n) is 5.40. The molecule has 0 spiro atoms. The molecule has 0 aliphatic rings. The van der Waals surface area contributed by atoms with Crippen molar-refractivity contribution in [1.82, 2.24) is 4.98 Å². The van der Waals surface area contributed by atoms with Gasteiger partial charge in [0.1, 0.15) is 10.4 Å². The van der Waals surface area contributed by atoms with E-state index < -0.39 is 0 Å². The lowest BCUT2D eigenvalue weighted by Crippen LogP contribution is -2.02. The summed E-state index contributed by atoms with van der Waals surface area (Å²) in [6.45, 7) is 2.57. The van der Waals surface area contributed by atoms with Crippen molar-refractivity contribution >= 4 is 33.2 Å². The van der Waals surface area contributed by atoms with E-state index in [-0.39, 0.29) is 5.75 Å². The van der Waals surface area contributed by atoms with Crippen LogP contribution in [0.25, 0.3) is 0 Å². The van der Waals surface area contributed by atoms with E-state index in [2.05, 4.69) is 26.2 Å². The molecule has 0 bridgehead atoms. The average Bonchev–Trinajstić information content (AvgIpc) is 2.32. The van der Waals surface area contributed by atoms with Gasteiger partial charge in [-0.2, -0.15) is 0 Å². The third kappa shape index (κ3) is 3.15. The highest BCUT2D eigenvalue weighted by Gasteiger charge is 2.02. The first-order valence-corrected chi connectivity index (χ1v) is 6.58. The number of phenolic OH excluding ortho intramolecular Hbond substituents is 1. The molecule has 0 saturated carbocycles. The zero-order valence-corrected chi connectivity index (χ0v) is 12.1. The first kappa shape index (κ1) is 13.2. The van der Waals surface area contributed by atoms with Crippen molar-refractivity contribution in [2.75, 3.05) is 5.32 Å². The quantitative estimate of drug-likeness (QED) is 0.833. The highest BCUT2D eigenvalue weighted by atomic mass is 79.9. The minimum atomic E-state index is 0.0990. The molecule has 1 aromatic heterocycles. The van der Waals surface area contributed by atoms with Crippen LogP contribution in [0.1, 0.15) is 11.3 Å². The Bertz CT molecular complexity index is 575. The molecule has 2 aromatic rings. The van der Waals surface area contributed by atoms with Crippen molar-refractivity contribution in [1.29, 1.82) is 0 Å². The first-order chi connectivity index (χ1) is 8.56. The molecule has 0 amide bonds. The van der Waals surface area contributed by atoms with Crippen LogP contribution in [0.15, 0.2) is 34.9 Å². The Morgan fingerprint density at radius 1 is 1.33 bits per heavy atom. The van der Waals surface area contributed by atoms with Gasteiger partial charge in [-0.15, -0.1) is 0 Å². The second-order valence-corrected chi connectivity index (χ2v) is 5.13. The summed E-state index contributed by atoms with van der Waals surface area (Å²) < 4.78 is 0.818. The van der Waals surface area contributed by atoms with Crippen molar-refractivity contribution < 1.29 is 5.11 Å². The second kappa shape index (κ2) is 5.59. The number of phenols is 1. The van der Waals surface area contributed by atoms with Crippen molar-refractivity contribution in [3.63, 3.8) is 0 Å².